The van der Waals surface area contributed by atoms with Crippen LogP contribution in [-0.4, -0.2) is 45.4 Å². The Morgan fingerprint density at radius 3 is 2.58 bits per heavy atom. The zero-order valence-corrected chi connectivity index (χ0v) is 20.6. The molecule has 4 heterocycles. The number of nitrogens with zero attached hydrogens (tertiary/aromatic N) is 3. The number of rotatable bonds is 5. The molecule has 33 heavy (non-hydrogen) atoms. The average Bonchev–Trinajstić information content (AvgIpc) is 3.52. The lowest BCUT2D eigenvalue weighted by Crippen LogP contribution is -2.41. The molecule has 0 atom stereocenters. The smallest absolute Gasteiger partial charge is 0.410 e. The number of aryl methyl sites for hydroxylation is 2. The molecule has 7 nitrogen and oxygen atoms in total. The van der Waals surface area contributed by atoms with E-state index in [9.17, 15) is 9.59 Å². The number of thiophene rings is 1. The lowest BCUT2D eigenvalue weighted by Gasteiger charge is -2.32. The van der Waals surface area contributed by atoms with Crippen LogP contribution < -0.4 is 0 Å². The van der Waals surface area contributed by atoms with Gasteiger partial charge >= 0.3 is 6.09 Å². The summed E-state index contributed by atoms with van der Waals surface area (Å²) in [5.41, 5.74) is 1.69. The number of carbonyl (C=O) groups is 2. The summed E-state index contributed by atoms with van der Waals surface area (Å²) in [5.74, 6) is -0.0302. The molecule has 176 valence electrons. The van der Waals surface area contributed by atoms with Crippen molar-refractivity contribution in [3.8, 4) is 0 Å². The van der Waals surface area contributed by atoms with E-state index < -0.39 is 5.60 Å². The molecule has 0 unspecified atom stereocenters. The van der Waals surface area contributed by atoms with Crippen LogP contribution in [0.1, 0.15) is 66.2 Å². The molecule has 1 amide bonds. The predicted molar refractivity (Wildman–Crippen MR) is 127 cm³/mol. The average molecular weight is 490 g/mol. The Balaban J connectivity index is 1.49. The van der Waals surface area contributed by atoms with Crippen molar-refractivity contribution in [1.82, 2.24) is 14.7 Å². The fourth-order valence-electron chi connectivity index (χ4n) is 3.92. The summed E-state index contributed by atoms with van der Waals surface area (Å²) in [7, 11) is 0. The number of hydrogen-bond donors (Lipinski definition) is 0. The van der Waals surface area contributed by atoms with Gasteiger partial charge in [0.05, 0.1) is 21.9 Å². The molecule has 0 N–H and O–H groups in total. The molecule has 3 aromatic rings. The van der Waals surface area contributed by atoms with Crippen molar-refractivity contribution in [3.63, 3.8) is 0 Å². The van der Waals surface area contributed by atoms with Gasteiger partial charge in [0.25, 0.3) is 5.91 Å². The second-order valence-corrected chi connectivity index (χ2v) is 11.0. The van der Waals surface area contributed by atoms with Crippen molar-refractivity contribution in [1.29, 1.82) is 0 Å². The maximum Gasteiger partial charge on any atom is 0.410 e. The monoisotopic (exact) mass is 489 g/mol. The van der Waals surface area contributed by atoms with E-state index in [1.165, 1.54) is 17.2 Å². The Morgan fingerprint density at radius 2 is 1.97 bits per heavy atom. The third-order valence-electron chi connectivity index (χ3n) is 5.58. The minimum atomic E-state index is -0.512. The van der Waals surface area contributed by atoms with Crippen LogP contribution in [0.15, 0.2) is 41.2 Å². The molecule has 0 aliphatic carbocycles. The molecule has 0 spiro atoms. The first-order chi connectivity index (χ1) is 15.7. The van der Waals surface area contributed by atoms with Crippen LogP contribution in [0.5, 0.6) is 0 Å². The van der Waals surface area contributed by atoms with Crippen molar-refractivity contribution in [3.05, 3.63) is 63.0 Å². The molecular weight excluding hydrogens is 462 g/mol. The first-order valence-electron chi connectivity index (χ1n) is 11.1. The maximum atomic E-state index is 13.1. The largest absolute Gasteiger partial charge is 0.472 e. The second kappa shape index (κ2) is 9.73. The first kappa shape index (κ1) is 23.6. The Bertz CT molecular complexity index is 1110. The van der Waals surface area contributed by atoms with E-state index in [2.05, 4.69) is 0 Å². The molecule has 1 fully saturated rings. The molecule has 9 heteroatoms. The fraction of sp³-hybridized carbons (Fsp3) is 0.458. The van der Waals surface area contributed by atoms with Gasteiger partial charge in [-0.2, -0.15) is 5.10 Å². The molecule has 0 aromatic carbocycles. The van der Waals surface area contributed by atoms with Crippen LogP contribution in [0.2, 0.25) is 4.34 Å². The SMILES string of the molecule is CC(C)(C)OC(=O)N1CCC(c2cc(CCc3ccc(Cl)s3)n(C(=O)c3ccoc3)n2)CC1. The number of piperidine rings is 1. The van der Waals surface area contributed by atoms with Gasteiger partial charge in [0.2, 0.25) is 0 Å². The Morgan fingerprint density at radius 1 is 1.21 bits per heavy atom. The lowest BCUT2D eigenvalue weighted by atomic mass is 9.93. The zero-order chi connectivity index (χ0) is 23.6. The summed E-state index contributed by atoms with van der Waals surface area (Å²) >= 11 is 7.61. The number of ether oxygens (including phenoxy) is 1. The molecule has 0 bridgehead atoms. The molecule has 1 saturated heterocycles. The minimum Gasteiger partial charge on any atom is -0.472 e. The number of furan rings is 1. The maximum absolute atomic E-state index is 13.1. The van der Waals surface area contributed by atoms with Crippen molar-refractivity contribution in [2.45, 2.75) is 58.0 Å². The number of aromatic nitrogens is 2. The normalized spacial score (nSPS) is 15.1. The standard InChI is InChI=1S/C24H28ClN3O4S/c1-24(2,3)32-23(30)27-11-8-16(9-12-27)20-14-18(4-5-19-6-7-21(25)33-19)28(26-20)22(29)17-10-13-31-15-17/h6-7,10,13-16H,4-5,8-9,11-12H2,1-3H3. The second-order valence-electron chi connectivity index (χ2n) is 9.24. The predicted octanol–water partition coefficient (Wildman–Crippen LogP) is 5.78. The molecule has 1 aliphatic heterocycles. The Labute approximate surface area is 202 Å². The van der Waals surface area contributed by atoms with Gasteiger partial charge in [0.1, 0.15) is 11.9 Å². The minimum absolute atomic E-state index is 0.178. The number of halogens is 1. The van der Waals surface area contributed by atoms with E-state index in [1.807, 2.05) is 39.0 Å². The quantitative estimate of drug-likeness (QED) is 0.454. The number of amides is 1. The van der Waals surface area contributed by atoms with Crippen LogP contribution in [0.3, 0.4) is 0 Å². The number of carbonyl (C=O) groups excluding carboxylic acids is 2. The highest BCUT2D eigenvalue weighted by molar-refractivity contribution is 7.16. The van der Waals surface area contributed by atoms with E-state index in [0.717, 1.165) is 39.9 Å². The van der Waals surface area contributed by atoms with Crippen LogP contribution in [-0.2, 0) is 17.6 Å². The van der Waals surface area contributed by atoms with Gasteiger partial charge in [-0.05, 0) is 70.7 Å². The third kappa shape index (κ3) is 5.86. The molecule has 1 aliphatic rings. The van der Waals surface area contributed by atoms with Crippen molar-refractivity contribution >= 4 is 34.9 Å². The summed E-state index contributed by atoms with van der Waals surface area (Å²) in [6.07, 6.45) is 5.63. The van der Waals surface area contributed by atoms with Gasteiger partial charge in [-0.1, -0.05) is 11.6 Å². The molecular formula is C24H28ClN3O4S. The molecule has 4 rings (SSSR count). The van der Waals surface area contributed by atoms with E-state index >= 15 is 0 Å². The van der Waals surface area contributed by atoms with Gasteiger partial charge < -0.3 is 14.1 Å². The van der Waals surface area contributed by atoms with Crippen molar-refractivity contribution < 1.29 is 18.7 Å². The van der Waals surface area contributed by atoms with Gasteiger partial charge in [-0.3, -0.25) is 4.79 Å². The summed E-state index contributed by atoms with van der Waals surface area (Å²) in [5, 5.41) is 4.70. The first-order valence-corrected chi connectivity index (χ1v) is 12.3. The fourth-order valence-corrected chi connectivity index (χ4v) is 5.01. The molecule has 0 radical (unpaired) electrons. The number of hydrogen-bond acceptors (Lipinski definition) is 6. The molecule has 3 aromatic heterocycles. The summed E-state index contributed by atoms with van der Waals surface area (Å²) < 4.78 is 12.8. The highest BCUT2D eigenvalue weighted by Crippen LogP contribution is 2.30. The van der Waals surface area contributed by atoms with Crippen LogP contribution in [0.25, 0.3) is 0 Å². The topological polar surface area (TPSA) is 77.6 Å². The highest BCUT2D eigenvalue weighted by atomic mass is 35.5. The number of likely N-dealkylation sites (tertiary alicyclic amines) is 1. The summed E-state index contributed by atoms with van der Waals surface area (Å²) in [6.45, 7) is 6.81. The molecule has 0 saturated carbocycles. The van der Waals surface area contributed by atoms with Crippen LogP contribution >= 0.6 is 22.9 Å². The third-order valence-corrected chi connectivity index (χ3v) is 6.87. The van der Waals surface area contributed by atoms with E-state index in [-0.39, 0.29) is 17.9 Å². The van der Waals surface area contributed by atoms with Crippen LogP contribution in [0.4, 0.5) is 4.79 Å². The summed E-state index contributed by atoms with van der Waals surface area (Å²) in [4.78, 5) is 28.4. The lowest BCUT2D eigenvalue weighted by molar-refractivity contribution is 0.0204. The van der Waals surface area contributed by atoms with Gasteiger partial charge in [-0.25, -0.2) is 9.48 Å². The van der Waals surface area contributed by atoms with Gasteiger partial charge in [0, 0.05) is 29.6 Å². The van der Waals surface area contributed by atoms with E-state index in [1.54, 1.807) is 22.3 Å². The van der Waals surface area contributed by atoms with Gasteiger partial charge in [-0.15, -0.1) is 11.3 Å². The summed E-state index contributed by atoms with van der Waals surface area (Å²) in [6, 6.07) is 7.57. The van der Waals surface area contributed by atoms with Gasteiger partial charge in [0.15, 0.2) is 0 Å². The van der Waals surface area contributed by atoms with Crippen LogP contribution in [0, 0.1) is 0 Å². The zero-order valence-electron chi connectivity index (χ0n) is 19.0. The van der Waals surface area contributed by atoms with E-state index in [4.69, 9.17) is 25.9 Å². The van der Waals surface area contributed by atoms with E-state index in [0.29, 0.717) is 25.1 Å². The van der Waals surface area contributed by atoms with Crippen molar-refractivity contribution in [2.24, 2.45) is 0 Å². The Kier molecular flexibility index (Phi) is 6.95. The highest BCUT2D eigenvalue weighted by Gasteiger charge is 2.29. The Hall–Kier alpha value is -2.58. The van der Waals surface area contributed by atoms with Crippen molar-refractivity contribution in [2.75, 3.05) is 13.1 Å².